The van der Waals surface area contributed by atoms with Crippen LogP contribution < -0.4 is 5.56 Å². The number of aromatic nitrogens is 3. The van der Waals surface area contributed by atoms with Crippen molar-refractivity contribution < 1.29 is 12.8 Å². The Morgan fingerprint density at radius 2 is 1.81 bits per heavy atom. The standard InChI is InChI=1S/C19H18FN3O3S/c1-10-8-12(20)4-7-14(10)17-16-11(2)9-15(24)23(13-5-6-13)18(16)22-19(21-17)27(3,25)26/h4,7-9,13H,5-6H2,1-3H3. The third-order valence-electron chi connectivity index (χ3n) is 4.76. The average molecular weight is 387 g/mol. The van der Waals surface area contributed by atoms with Gasteiger partial charge in [-0.1, -0.05) is 0 Å². The highest BCUT2D eigenvalue weighted by atomic mass is 32.2. The van der Waals surface area contributed by atoms with Crippen molar-refractivity contribution in [1.29, 1.82) is 0 Å². The molecule has 1 aliphatic rings. The van der Waals surface area contributed by atoms with E-state index >= 15 is 0 Å². The first kappa shape index (κ1) is 17.8. The van der Waals surface area contributed by atoms with Crippen molar-refractivity contribution in [3.05, 3.63) is 51.6 Å². The van der Waals surface area contributed by atoms with Crippen molar-refractivity contribution in [3.8, 4) is 11.3 Å². The number of nitrogens with zero attached hydrogens (tertiary/aromatic N) is 3. The Morgan fingerprint density at radius 3 is 2.41 bits per heavy atom. The molecule has 0 bridgehead atoms. The maximum Gasteiger partial charge on any atom is 0.252 e. The number of halogens is 1. The van der Waals surface area contributed by atoms with Crippen molar-refractivity contribution in [3.63, 3.8) is 0 Å². The van der Waals surface area contributed by atoms with Crippen LogP contribution in [0.5, 0.6) is 0 Å². The normalized spacial score (nSPS) is 14.7. The summed E-state index contributed by atoms with van der Waals surface area (Å²) in [4.78, 5) is 21.1. The Bertz CT molecular complexity index is 1260. The summed E-state index contributed by atoms with van der Waals surface area (Å²) in [6.45, 7) is 3.51. The molecule has 0 saturated heterocycles. The van der Waals surface area contributed by atoms with Gasteiger partial charge in [0.1, 0.15) is 11.5 Å². The van der Waals surface area contributed by atoms with Crippen molar-refractivity contribution >= 4 is 20.9 Å². The third-order valence-corrected chi connectivity index (χ3v) is 5.60. The van der Waals surface area contributed by atoms with Crippen LogP contribution in [0.4, 0.5) is 4.39 Å². The molecule has 0 amide bonds. The molecule has 3 aromatic rings. The van der Waals surface area contributed by atoms with Crippen LogP contribution in [0.25, 0.3) is 22.3 Å². The van der Waals surface area contributed by atoms with Crippen molar-refractivity contribution in [2.24, 2.45) is 0 Å². The van der Waals surface area contributed by atoms with Gasteiger partial charge in [-0.25, -0.2) is 17.8 Å². The fraction of sp³-hybridized carbons (Fsp3) is 0.316. The van der Waals surface area contributed by atoms with E-state index in [9.17, 15) is 17.6 Å². The van der Waals surface area contributed by atoms with Gasteiger partial charge in [0.05, 0.1) is 5.69 Å². The zero-order chi connectivity index (χ0) is 19.5. The zero-order valence-electron chi connectivity index (χ0n) is 15.2. The van der Waals surface area contributed by atoms with E-state index in [0.29, 0.717) is 33.4 Å². The number of sulfone groups is 1. The first-order valence-corrected chi connectivity index (χ1v) is 10.5. The molecule has 4 rings (SSSR count). The number of benzene rings is 1. The Balaban J connectivity index is 2.20. The Kier molecular flexibility index (Phi) is 3.92. The van der Waals surface area contributed by atoms with E-state index in [2.05, 4.69) is 9.97 Å². The van der Waals surface area contributed by atoms with E-state index in [4.69, 9.17) is 0 Å². The summed E-state index contributed by atoms with van der Waals surface area (Å²) >= 11 is 0. The van der Waals surface area contributed by atoms with Crippen LogP contribution in [0.2, 0.25) is 0 Å². The lowest BCUT2D eigenvalue weighted by atomic mass is 10.0. The van der Waals surface area contributed by atoms with Gasteiger partial charge >= 0.3 is 0 Å². The van der Waals surface area contributed by atoms with E-state index < -0.39 is 9.84 Å². The van der Waals surface area contributed by atoms with Crippen molar-refractivity contribution in [2.45, 2.75) is 37.9 Å². The predicted octanol–water partition coefficient (Wildman–Crippen LogP) is 2.95. The molecule has 0 atom stereocenters. The van der Waals surface area contributed by atoms with Gasteiger partial charge in [0, 0.05) is 29.3 Å². The molecule has 6 nitrogen and oxygen atoms in total. The highest BCUT2D eigenvalue weighted by molar-refractivity contribution is 7.90. The highest BCUT2D eigenvalue weighted by Gasteiger charge is 2.29. The van der Waals surface area contributed by atoms with Gasteiger partial charge in [-0.05, 0) is 56.0 Å². The molecule has 1 aliphatic carbocycles. The van der Waals surface area contributed by atoms with Gasteiger partial charge in [-0.2, -0.15) is 4.98 Å². The summed E-state index contributed by atoms with van der Waals surface area (Å²) in [6.07, 6.45) is 2.73. The molecule has 27 heavy (non-hydrogen) atoms. The molecule has 0 spiro atoms. The maximum absolute atomic E-state index is 13.6. The van der Waals surface area contributed by atoms with Crippen LogP contribution in [0, 0.1) is 19.7 Å². The van der Waals surface area contributed by atoms with Crippen LogP contribution in [-0.2, 0) is 9.84 Å². The van der Waals surface area contributed by atoms with Crippen LogP contribution in [0.3, 0.4) is 0 Å². The van der Waals surface area contributed by atoms with Gasteiger partial charge < -0.3 is 0 Å². The zero-order valence-corrected chi connectivity index (χ0v) is 16.0. The van der Waals surface area contributed by atoms with E-state index in [-0.39, 0.29) is 22.6 Å². The predicted molar refractivity (Wildman–Crippen MR) is 100 cm³/mol. The molecular formula is C19H18FN3O3S. The van der Waals surface area contributed by atoms with E-state index in [1.54, 1.807) is 24.5 Å². The van der Waals surface area contributed by atoms with Crippen LogP contribution in [0.15, 0.2) is 34.2 Å². The summed E-state index contributed by atoms with van der Waals surface area (Å²) in [5, 5.41) is 0.275. The van der Waals surface area contributed by atoms with E-state index in [1.165, 1.54) is 18.2 Å². The molecular weight excluding hydrogens is 369 g/mol. The molecule has 0 N–H and O–H groups in total. The summed E-state index contributed by atoms with van der Waals surface area (Å²) < 4.78 is 39.5. The Labute approximate surface area is 155 Å². The number of hydrogen-bond acceptors (Lipinski definition) is 5. The molecule has 1 aromatic carbocycles. The van der Waals surface area contributed by atoms with Crippen LogP contribution >= 0.6 is 0 Å². The number of hydrogen-bond donors (Lipinski definition) is 0. The molecule has 1 saturated carbocycles. The Morgan fingerprint density at radius 1 is 1.11 bits per heavy atom. The molecule has 2 heterocycles. The first-order valence-electron chi connectivity index (χ1n) is 8.57. The fourth-order valence-corrected chi connectivity index (χ4v) is 3.85. The van der Waals surface area contributed by atoms with Crippen molar-refractivity contribution in [2.75, 3.05) is 6.26 Å². The maximum atomic E-state index is 13.6. The fourth-order valence-electron chi connectivity index (χ4n) is 3.34. The summed E-state index contributed by atoms with van der Waals surface area (Å²) in [7, 11) is -3.71. The second kappa shape index (κ2) is 5.95. The van der Waals surface area contributed by atoms with Gasteiger partial charge in [-0.15, -0.1) is 0 Å². The van der Waals surface area contributed by atoms with Gasteiger partial charge in [0.2, 0.25) is 15.0 Å². The average Bonchev–Trinajstić information content (AvgIpc) is 3.37. The van der Waals surface area contributed by atoms with E-state index in [1.807, 2.05) is 0 Å². The van der Waals surface area contributed by atoms with Crippen LogP contribution in [-0.4, -0.2) is 29.2 Å². The summed E-state index contributed by atoms with van der Waals surface area (Å²) in [5.74, 6) is -0.385. The second-order valence-corrected chi connectivity index (χ2v) is 8.96. The van der Waals surface area contributed by atoms with Crippen molar-refractivity contribution in [1.82, 2.24) is 14.5 Å². The molecule has 0 radical (unpaired) electrons. The SMILES string of the molecule is Cc1cc(F)ccc1-c1nc(S(C)(=O)=O)nc2c1c(C)cc(=O)n2C1CC1. The minimum atomic E-state index is -3.71. The lowest BCUT2D eigenvalue weighted by Crippen LogP contribution is -2.21. The van der Waals surface area contributed by atoms with Gasteiger partial charge in [0.25, 0.3) is 5.56 Å². The number of aryl methyl sites for hydroxylation is 2. The lowest BCUT2D eigenvalue weighted by molar-refractivity contribution is 0.592. The third kappa shape index (κ3) is 3.03. The minimum Gasteiger partial charge on any atom is -0.289 e. The summed E-state index contributed by atoms with van der Waals surface area (Å²) in [6, 6.07) is 5.79. The minimum absolute atomic E-state index is 0.0186. The lowest BCUT2D eigenvalue weighted by Gasteiger charge is -2.15. The Hall–Kier alpha value is -2.61. The molecule has 0 aliphatic heterocycles. The molecule has 140 valence electrons. The number of pyridine rings is 1. The van der Waals surface area contributed by atoms with Gasteiger partial charge in [-0.3, -0.25) is 9.36 Å². The number of rotatable bonds is 3. The molecule has 1 fully saturated rings. The van der Waals surface area contributed by atoms with E-state index in [0.717, 1.165) is 19.1 Å². The molecule has 0 unspecified atom stereocenters. The smallest absolute Gasteiger partial charge is 0.252 e. The van der Waals surface area contributed by atoms with Crippen LogP contribution in [0.1, 0.15) is 30.0 Å². The van der Waals surface area contributed by atoms with Gasteiger partial charge in [0.15, 0.2) is 0 Å². The topological polar surface area (TPSA) is 81.9 Å². The first-order chi connectivity index (χ1) is 12.7. The summed E-state index contributed by atoms with van der Waals surface area (Å²) in [5.41, 5.74) is 2.39. The molecule has 8 heteroatoms. The number of fused-ring (bicyclic) bond motifs is 1. The largest absolute Gasteiger partial charge is 0.289 e. The highest BCUT2D eigenvalue weighted by Crippen LogP contribution is 2.38. The quantitative estimate of drug-likeness (QED) is 0.646. The molecule has 2 aromatic heterocycles. The monoisotopic (exact) mass is 387 g/mol. The second-order valence-electron chi connectivity index (χ2n) is 7.05.